The number of hydrogen-bond donors (Lipinski definition) is 0. The van der Waals surface area contributed by atoms with E-state index in [4.69, 9.17) is 11.6 Å². The van der Waals surface area contributed by atoms with Crippen molar-refractivity contribution in [2.45, 2.75) is 45.6 Å². The molecule has 1 aromatic heterocycles. The molecule has 2 aliphatic rings. The number of carbonyl (C=O) groups excluding carboxylic acids is 2. The van der Waals surface area contributed by atoms with Crippen LogP contribution in [0.2, 0.25) is 5.02 Å². The van der Waals surface area contributed by atoms with Gasteiger partial charge in [0.25, 0.3) is 5.91 Å². The van der Waals surface area contributed by atoms with E-state index in [1.807, 2.05) is 16.8 Å². The summed E-state index contributed by atoms with van der Waals surface area (Å²) in [5.41, 5.74) is 0.819. The van der Waals surface area contributed by atoms with Crippen molar-refractivity contribution >= 4 is 23.4 Å². The van der Waals surface area contributed by atoms with E-state index in [1.165, 1.54) is 0 Å². The van der Waals surface area contributed by atoms with Crippen LogP contribution in [0.15, 0.2) is 12.3 Å². The van der Waals surface area contributed by atoms with Crippen molar-refractivity contribution in [1.29, 1.82) is 0 Å². The number of rotatable bonds is 2. The van der Waals surface area contributed by atoms with Crippen LogP contribution in [0.5, 0.6) is 0 Å². The highest BCUT2D eigenvalue weighted by Crippen LogP contribution is 2.41. The van der Waals surface area contributed by atoms with E-state index in [-0.39, 0.29) is 23.3 Å². The van der Waals surface area contributed by atoms with Crippen LogP contribution in [-0.4, -0.2) is 51.9 Å². The standard InChI is InChI=1S/C18H26ClN3O2/c1-13(2)22-12-18(5-4-16(22)23)6-8-21(9-7-18)17(24)15-10-14(19)11-20(15)3/h10-11,13H,4-9,12H2,1-3H3. The lowest BCUT2D eigenvalue weighted by atomic mass is 9.72. The van der Waals surface area contributed by atoms with E-state index in [2.05, 4.69) is 13.8 Å². The average Bonchev–Trinajstić information content (AvgIpc) is 2.88. The van der Waals surface area contributed by atoms with Crippen molar-refractivity contribution in [2.24, 2.45) is 12.5 Å². The van der Waals surface area contributed by atoms with E-state index in [0.717, 1.165) is 38.9 Å². The molecule has 3 rings (SSSR count). The van der Waals surface area contributed by atoms with Crippen LogP contribution < -0.4 is 0 Å². The molecule has 5 nitrogen and oxygen atoms in total. The summed E-state index contributed by atoms with van der Waals surface area (Å²) < 4.78 is 1.79. The number of likely N-dealkylation sites (tertiary alicyclic amines) is 2. The van der Waals surface area contributed by atoms with Gasteiger partial charge in [0, 0.05) is 45.3 Å². The maximum Gasteiger partial charge on any atom is 0.270 e. The van der Waals surface area contributed by atoms with E-state index in [0.29, 0.717) is 17.1 Å². The molecule has 0 bridgehead atoms. The maximum absolute atomic E-state index is 12.7. The van der Waals surface area contributed by atoms with Gasteiger partial charge in [-0.15, -0.1) is 0 Å². The molecule has 0 unspecified atom stereocenters. The largest absolute Gasteiger partial charge is 0.345 e. The van der Waals surface area contributed by atoms with E-state index < -0.39 is 0 Å². The van der Waals surface area contributed by atoms with Crippen LogP contribution in [0, 0.1) is 5.41 Å². The summed E-state index contributed by atoms with van der Waals surface area (Å²) in [4.78, 5) is 28.8. The second-order valence-corrected chi connectivity index (χ2v) is 8.00. The predicted molar refractivity (Wildman–Crippen MR) is 94.1 cm³/mol. The Balaban J connectivity index is 1.66. The quantitative estimate of drug-likeness (QED) is 0.822. The fourth-order valence-electron chi connectivity index (χ4n) is 4.01. The van der Waals surface area contributed by atoms with E-state index in [1.54, 1.807) is 16.8 Å². The molecule has 2 saturated heterocycles. The molecule has 0 aliphatic carbocycles. The molecule has 0 atom stereocenters. The number of halogens is 1. The first-order chi connectivity index (χ1) is 11.3. The van der Waals surface area contributed by atoms with Gasteiger partial charge < -0.3 is 14.4 Å². The van der Waals surface area contributed by atoms with Crippen molar-refractivity contribution < 1.29 is 9.59 Å². The van der Waals surface area contributed by atoms with Gasteiger partial charge in [0.2, 0.25) is 5.91 Å². The highest BCUT2D eigenvalue weighted by molar-refractivity contribution is 6.31. The second kappa shape index (κ2) is 6.43. The predicted octanol–water partition coefficient (Wildman–Crippen LogP) is 2.93. The normalized spacial score (nSPS) is 21.0. The Bertz CT molecular complexity index is 645. The lowest BCUT2D eigenvalue weighted by Crippen LogP contribution is -2.54. The molecular weight excluding hydrogens is 326 g/mol. The van der Waals surface area contributed by atoms with Crippen LogP contribution in [0.3, 0.4) is 0 Å². The Kier molecular flexibility index (Phi) is 4.65. The Hall–Kier alpha value is -1.49. The maximum atomic E-state index is 12.7. The molecule has 2 aliphatic heterocycles. The fourth-order valence-corrected chi connectivity index (χ4v) is 4.26. The third-order valence-electron chi connectivity index (χ3n) is 5.62. The zero-order valence-electron chi connectivity index (χ0n) is 14.7. The van der Waals surface area contributed by atoms with Crippen LogP contribution in [0.1, 0.15) is 50.0 Å². The summed E-state index contributed by atoms with van der Waals surface area (Å²) in [6.07, 6.45) is 5.28. The minimum absolute atomic E-state index is 0.0480. The summed E-state index contributed by atoms with van der Waals surface area (Å²) >= 11 is 6.00. The van der Waals surface area contributed by atoms with Crippen LogP contribution in [0.4, 0.5) is 0 Å². The number of hydrogen-bond acceptors (Lipinski definition) is 2. The van der Waals surface area contributed by atoms with Crippen LogP contribution in [0.25, 0.3) is 0 Å². The van der Waals surface area contributed by atoms with Gasteiger partial charge in [-0.2, -0.15) is 0 Å². The Morgan fingerprint density at radius 3 is 2.46 bits per heavy atom. The third kappa shape index (κ3) is 3.18. The first-order valence-corrected chi connectivity index (χ1v) is 9.10. The van der Waals surface area contributed by atoms with Crippen molar-refractivity contribution in [1.82, 2.24) is 14.4 Å². The van der Waals surface area contributed by atoms with Gasteiger partial charge in [-0.3, -0.25) is 9.59 Å². The lowest BCUT2D eigenvalue weighted by molar-refractivity contribution is -0.141. The monoisotopic (exact) mass is 351 g/mol. The zero-order valence-corrected chi connectivity index (χ0v) is 15.5. The van der Waals surface area contributed by atoms with E-state index >= 15 is 0 Å². The summed E-state index contributed by atoms with van der Waals surface area (Å²) in [6, 6.07) is 1.98. The van der Waals surface area contributed by atoms with Crippen molar-refractivity contribution in [3.05, 3.63) is 23.0 Å². The molecule has 0 radical (unpaired) electrons. The van der Waals surface area contributed by atoms with Gasteiger partial charge in [0.1, 0.15) is 5.69 Å². The average molecular weight is 352 g/mol. The third-order valence-corrected chi connectivity index (χ3v) is 5.83. The minimum atomic E-state index is 0.0480. The highest BCUT2D eigenvalue weighted by Gasteiger charge is 2.42. The number of aromatic nitrogens is 1. The molecule has 6 heteroatoms. The van der Waals surface area contributed by atoms with Crippen molar-refractivity contribution in [3.63, 3.8) is 0 Å². The smallest absolute Gasteiger partial charge is 0.270 e. The van der Waals surface area contributed by atoms with Crippen molar-refractivity contribution in [2.75, 3.05) is 19.6 Å². The Morgan fingerprint density at radius 2 is 1.92 bits per heavy atom. The van der Waals surface area contributed by atoms with Gasteiger partial charge in [-0.1, -0.05) is 11.6 Å². The summed E-state index contributed by atoms with van der Waals surface area (Å²) in [5, 5.41) is 0.590. The highest BCUT2D eigenvalue weighted by atomic mass is 35.5. The number of carbonyl (C=O) groups is 2. The number of amides is 2. The number of nitrogens with zero attached hydrogens (tertiary/aromatic N) is 3. The number of aryl methyl sites for hydroxylation is 1. The first-order valence-electron chi connectivity index (χ1n) is 8.72. The van der Waals surface area contributed by atoms with Gasteiger partial charge in [0.05, 0.1) is 5.02 Å². The molecule has 1 aromatic rings. The molecule has 3 heterocycles. The topological polar surface area (TPSA) is 45.6 Å². The molecular formula is C18H26ClN3O2. The van der Waals surface area contributed by atoms with E-state index in [9.17, 15) is 9.59 Å². The molecule has 2 fully saturated rings. The number of piperidine rings is 2. The molecule has 132 valence electrons. The zero-order chi connectivity index (χ0) is 17.5. The van der Waals surface area contributed by atoms with Crippen molar-refractivity contribution in [3.8, 4) is 0 Å². The summed E-state index contributed by atoms with van der Waals surface area (Å²) in [6.45, 7) is 6.49. The molecule has 0 N–H and O–H groups in total. The fraction of sp³-hybridized carbons (Fsp3) is 0.667. The summed E-state index contributed by atoms with van der Waals surface area (Å²) in [5.74, 6) is 0.319. The molecule has 0 aromatic carbocycles. The van der Waals surface area contributed by atoms with Gasteiger partial charge in [-0.25, -0.2) is 0 Å². The molecule has 1 spiro atoms. The minimum Gasteiger partial charge on any atom is -0.345 e. The molecule has 2 amide bonds. The SMILES string of the molecule is CC(C)N1CC2(CCC1=O)CCN(C(=O)c1cc(Cl)cn1C)CC2. The van der Waals surface area contributed by atoms with Crippen LogP contribution in [-0.2, 0) is 11.8 Å². The summed E-state index contributed by atoms with van der Waals surface area (Å²) in [7, 11) is 1.85. The molecule has 0 saturated carbocycles. The Labute approximate surface area is 148 Å². The van der Waals surface area contributed by atoms with Crippen LogP contribution >= 0.6 is 11.6 Å². The van der Waals surface area contributed by atoms with Gasteiger partial charge >= 0.3 is 0 Å². The van der Waals surface area contributed by atoms with Gasteiger partial charge in [-0.05, 0) is 44.6 Å². The second-order valence-electron chi connectivity index (χ2n) is 7.56. The lowest BCUT2D eigenvalue weighted by Gasteiger charge is -2.48. The Morgan fingerprint density at radius 1 is 1.25 bits per heavy atom. The first kappa shape index (κ1) is 17.3. The molecule has 24 heavy (non-hydrogen) atoms. The van der Waals surface area contributed by atoms with Gasteiger partial charge in [0.15, 0.2) is 0 Å².